The topological polar surface area (TPSA) is 81.5 Å². The Morgan fingerprint density at radius 1 is 1.04 bits per heavy atom. The van der Waals surface area contributed by atoms with Crippen LogP contribution in [0.4, 0.5) is 4.39 Å². The number of hydrogen-bond acceptors (Lipinski definition) is 4. The zero-order chi connectivity index (χ0) is 19.4. The van der Waals surface area contributed by atoms with E-state index in [2.05, 4.69) is 0 Å². The summed E-state index contributed by atoms with van der Waals surface area (Å²) in [6.07, 6.45) is 0.0123. The molecule has 0 aliphatic carbocycles. The van der Waals surface area contributed by atoms with Crippen LogP contribution in [-0.4, -0.2) is 49.7 Å². The summed E-state index contributed by atoms with van der Waals surface area (Å²) in [6, 6.07) is 13.7. The minimum atomic E-state index is -3.74. The minimum absolute atomic E-state index is 0.0123. The van der Waals surface area contributed by atoms with Crippen molar-refractivity contribution in [2.75, 3.05) is 26.2 Å². The van der Waals surface area contributed by atoms with Crippen LogP contribution in [0.2, 0.25) is 0 Å². The van der Waals surface area contributed by atoms with Gasteiger partial charge < -0.3 is 4.90 Å². The van der Waals surface area contributed by atoms with Crippen LogP contribution in [0.25, 0.3) is 0 Å². The monoisotopic (exact) mass is 387 g/mol. The molecule has 0 atom stereocenters. The maximum Gasteiger partial charge on any atom is 0.253 e. The first-order chi connectivity index (χ1) is 12.9. The van der Waals surface area contributed by atoms with E-state index in [-0.39, 0.29) is 43.4 Å². The normalized spacial score (nSPS) is 15.3. The summed E-state index contributed by atoms with van der Waals surface area (Å²) in [7, 11) is -3.74. The molecular formula is C19H18FN3O3S. The number of carbonyl (C=O) groups is 1. The summed E-state index contributed by atoms with van der Waals surface area (Å²) in [5, 5.41) is 8.92. The van der Waals surface area contributed by atoms with Gasteiger partial charge in [-0.2, -0.15) is 9.57 Å². The van der Waals surface area contributed by atoms with Crippen LogP contribution >= 0.6 is 0 Å². The molecule has 140 valence electrons. The van der Waals surface area contributed by atoms with Gasteiger partial charge >= 0.3 is 0 Å². The highest BCUT2D eigenvalue weighted by atomic mass is 32.2. The molecule has 8 heteroatoms. The highest BCUT2D eigenvalue weighted by Gasteiger charge is 2.31. The third-order valence-corrected chi connectivity index (χ3v) is 6.48. The van der Waals surface area contributed by atoms with Crippen LogP contribution in [0, 0.1) is 17.1 Å². The van der Waals surface area contributed by atoms with Gasteiger partial charge in [0, 0.05) is 31.7 Å². The molecule has 0 N–H and O–H groups in total. The Bertz CT molecular complexity index is 976. The van der Waals surface area contributed by atoms with Crippen molar-refractivity contribution < 1.29 is 17.6 Å². The number of halogens is 1. The Morgan fingerprint density at radius 2 is 1.67 bits per heavy atom. The lowest BCUT2D eigenvalue weighted by Crippen LogP contribution is -2.50. The molecule has 0 bridgehead atoms. The summed E-state index contributed by atoms with van der Waals surface area (Å²) in [5.74, 6) is -0.671. The summed E-state index contributed by atoms with van der Waals surface area (Å²) in [6.45, 7) is 0.817. The van der Waals surface area contributed by atoms with Crippen LogP contribution in [-0.2, 0) is 16.4 Å². The van der Waals surface area contributed by atoms with Crippen molar-refractivity contribution in [1.82, 2.24) is 9.21 Å². The Balaban J connectivity index is 1.72. The fourth-order valence-electron chi connectivity index (χ4n) is 3.03. The average Bonchev–Trinajstić information content (AvgIpc) is 2.69. The van der Waals surface area contributed by atoms with Crippen molar-refractivity contribution in [3.05, 3.63) is 65.5 Å². The van der Waals surface area contributed by atoms with E-state index in [4.69, 9.17) is 5.26 Å². The molecule has 1 saturated heterocycles. The maximum absolute atomic E-state index is 13.0. The molecule has 1 aliphatic rings. The summed E-state index contributed by atoms with van der Waals surface area (Å²) < 4.78 is 40.2. The van der Waals surface area contributed by atoms with Crippen molar-refractivity contribution in [2.45, 2.75) is 11.3 Å². The smallest absolute Gasteiger partial charge is 0.253 e. The van der Waals surface area contributed by atoms with E-state index in [1.165, 1.54) is 34.6 Å². The number of benzene rings is 2. The molecule has 1 amide bonds. The van der Waals surface area contributed by atoms with E-state index in [1.54, 1.807) is 23.1 Å². The van der Waals surface area contributed by atoms with Crippen molar-refractivity contribution in [3.8, 4) is 6.07 Å². The summed E-state index contributed by atoms with van der Waals surface area (Å²) in [5.41, 5.74) is 0.830. The summed E-state index contributed by atoms with van der Waals surface area (Å²) >= 11 is 0. The van der Waals surface area contributed by atoms with Gasteiger partial charge in [-0.15, -0.1) is 0 Å². The molecule has 0 aromatic heterocycles. The standard InChI is InChI=1S/C19H18FN3O3S/c20-17-7-5-16(6-8-17)19(24)22-11-13-23(14-12-22)27(25,26)18-4-2-1-3-15(18)9-10-21/h1-8H,9,11-14H2. The highest BCUT2D eigenvalue weighted by Crippen LogP contribution is 2.22. The Labute approximate surface area is 157 Å². The average molecular weight is 387 g/mol. The van der Waals surface area contributed by atoms with Gasteiger partial charge in [-0.3, -0.25) is 4.79 Å². The van der Waals surface area contributed by atoms with E-state index in [0.717, 1.165) is 0 Å². The quantitative estimate of drug-likeness (QED) is 0.804. The number of nitriles is 1. The third kappa shape index (κ3) is 3.99. The molecule has 0 unspecified atom stereocenters. The zero-order valence-electron chi connectivity index (χ0n) is 14.5. The first-order valence-corrected chi connectivity index (χ1v) is 9.87. The fourth-order valence-corrected chi connectivity index (χ4v) is 4.68. The SMILES string of the molecule is N#CCc1ccccc1S(=O)(=O)N1CCN(C(=O)c2ccc(F)cc2)CC1. The van der Waals surface area contributed by atoms with E-state index in [9.17, 15) is 17.6 Å². The van der Waals surface area contributed by atoms with E-state index < -0.39 is 15.8 Å². The first kappa shape index (κ1) is 19.0. The second-order valence-electron chi connectivity index (χ2n) is 6.15. The number of rotatable bonds is 4. The van der Waals surface area contributed by atoms with Gasteiger partial charge in [-0.05, 0) is 35.9 Å². The maximum atomic E-state index is 13.0. The van der Waals surface area contributed by atoms with Gasteiger partial charge in [0.25, 0.3) is 5.91 Å². The molecule has 1 aliphatic heterocycles. The molecule has 0 spiro atoms. The van der Waals surface area contributed by atoms with Gasteiger partial charge in [0.1, 0.15) is 5.82 Å². The lowest BCUT2D eigenvalue weighted by molar-refractivity contribution is 0.0698. The molecule has 0 saturated carbocycles. The van der Waals surface area contributed by atoms with Gasteiger partial charge in [-0.25, -0.2) is 12.8 Å². The second kappa shape index (κ2) is 7.86. The van der Waals surface area contributed by atoms with Gasteiger partial charge in [0.05, 0.1) is 17.4 Å². The second-order valence-corrected chi connectivity index (χ2v) is 8.05. The van der Waals surface area contributed by atoms with Crippen LogP contribution < -0.4 is 0 Å². The Hall–Kier alpha value is -2.76. The molecule has 3 rings (SSSR count). The van der Waals surface area contributed by atoms with Gasteiger partial charge in [0.2, 0.25) is 10.0 Å². The third-order valence-electron chi connectivity index (χ3n) is 4.48. The summed E-state index contributed by atoms with van der Waals surface area (Å²) in [4.78, 5) is 14.2. The molecule has 1 fully saturated rings. The number of amides is 1. The molecular weight excluding hydrogens is 369 g/mol. The molecule has 2 aromatic carbocycles. The Kier molecular flexibility index (Phi) is 5.54. The lowest BCUT2D eigenvalue weighted by Gasteiger charge is -2.34. The van der Waals surface area contributed by atoms with E-state index >= 15 is 0 Å². The van der Waals surface area contributed by atoms with Gasteiger partial charge in [-0.1, -0.05) is 18.2 Å². The lowest BCUT2D eigenvalue weighted by atomic mass is 10.2. The number of nitrogens with zero attached hydrogens (tertiary/aromatic N) is 3. The number of carbonyl (C=O) groups excluding carboxylic acids is 1. The van der Waals surface area contributed by atoms with Crippen molar-refractivity contribution in [2.24, 2.45) is 0 Å². The van der Waals surface area contributed by atoms with Crippen LogP contribution in [0.15, 0.2) is 53.4 Å². The highest BCUT2D eigenvalue weighted by molar-refractivity contribution is 7.89. The number of hydrogen-bond donors (Lipinski definition) is 0. The fraction of sp³-hybridized carbons (Fsp3) is 0.263. The van der Waals surface area contributed by atoms with E-state index in [1.807, 2.05) is 6.07 Å². The predicted molar refractivity (Wildman–Crippen MR) is 96.8 cm³/mol. The van der Waals surface area contributed by atoms with Crippen molar-refractivity contribution in [1.29, 1.82) is 5.26 Å². The largest absolute Gasteiger partial charge is 0.336 e. The van der Waals surface area contributed by atoms with E-state index in [0.29, 0.717) is 11.1 Å². The molecule has 0 radical (unpaired) electrons. The van der Waals surface area contributed by atoms with Gasteiger partial charge in [0.15, 0.2) is 0 Å². The molecule has 6 nitrogen and oxygen atoms in total. The first-order valence-electron chi connectivity index (χ1n) is 8.43. The number of sulfonamides is 1. The predicted octanol–water partition coefficient (Wildman–Crippen LogP) is 2.04. The minimum Gasteiger partial charge on any atom is -0.336 e. The Morgan fingerprint density at radius 3 is 2.30 bits per heavy atom. The van der Waals surface area contributed by atoms with Crippen molar-refractivity contribution >= 4 is 15.9 Å². The van der Waals surface area contributed by atoms with Crippen LogP contribution in [0.3, 0.4) is 0 Å². The number of piperazine rings is 1. The van der Waals surface area contributed by atoms with Crippen LogP contribution in [0.5, 0.6) is 0 Å². The van der Waals surface area contributed by atoms with Crippen LogP contribution in [0.1, 0.15) is 15.9 Å². The molecule has 2 aromatic rings. The zero-order valence-corrected chi connectivity index (χ0v) is 15.3. The molecule has 27 heavy (non-hydrogen) atoms. The molecule has 1 heterocycles. The van der Waals surface area contributed by atoms with Crippen molar-refractivity contribution in [3.63, 3.8) is 0 Å².